The van der Waals surface area contributed by atoms with Crippen LogP contribution in [0.25, 0.3) is 0 Å². The molecule has 1 aromatic heterocycles. The first-order valence-electron chi connectivity index (χ1n) is 7.33. The van der Waals surface area contributed by atoms with Gasteiger partial charge >= 0.3 is 0 Å². The molecule has 0 unspecified atom stereocenters. The summed E-state index contributed by atoms with van der Waals surface area (Å²) in [7, 11) is 1.60. The molecule has 1 rings (SSSR count). The molecule has 0 saturated carbocycles. The molecule has 1 heterocycles. The van der Waals surface area contributed by atoms with Gasteiger partial charge in [0.05, 0.1) is 13.3 Å². The first kappa shape index (κ1) is 15.7. The van der Waals surface area contributed by atoms with Crippen LogP contribution in [-0.2, 0) is 6.54 Å². The molecule has 0 aromatic carbocycles. The standard InChI is InChI=1S/C15H26N2O2/c1-5-8-12(9-6-2)15(18)14-13(19-4)11-16-17(14)10-7-3/h11-12H,5-10H2,1-4H3. The fourth-order valence-corrected chi connectivity index (χ4v) is 2.44. The van der Waals surface area contributed by atoms with E-state index in [1.54, 1.807) is 18.0 Å². The second-order valence-electron chi connectivity index (χ2n) is 4.92. The van der Waals surface area contributed by atoms with Crippen LogP contribution in [0.15, 0.2) is 6.20 Å². The molecule has 108 valence electrons. The predicted octanol–water partition coefficient (Wildman–Crippen LogP) is 3.70. The highest BCUT2D eigenvalue weighted by Gasteiger charge is 2.25. The maximum absolute atomic E-state index is 12.7. The lowest BCUT2D eigenvalue weighted by atomic mass is 9.92. The van der Waals surface area contributed by atoms with Gasteiger partial charge in [-0.05, 0) is 19.3 Å². The Balaban J connectivity index is 3.03. The topological polar surface area (TPSA) is 44.1 Å². The zero-order valence-corrected chi connectivity index (χ0v) is 12.6. The highest BCUT2D eigenvalue weighted by molar-refractivity contribution is 5.98. The summed E-state index contributed by atoms with van der Waals surface area (Å²) in [5.41, 5.74) is 0.649. The quantitative estimate of drug-likeness (QED) is 0.640. The number of carbonyl (C=O) groups excluding carboxylic acids is 1. The Morgan fingerprint density at radius 3 is 2.37 bits per heavy atom. The third kappa shape index (κ3) is 3.82. The van der Waals surface area contributed by atoms with E-state index < -0.39 is 0 Å². The van der Waals surface area contributed by atoms with Crippen LogP contribution in [-0.4, -0.2) is 22.7 Å². The molecule has 4 nitrogen and oxygen atoms in total. The zero-order valence-electron chi connectivity index (χ0n) is 12.6. The summed E-state index contributed by atoms with van der Waals surface area (Å²) >= 11 is 0. The van der Waals surface area contributed by atoms with Crippen LogP contribution in [0.1, 0.15) is 63.4 Å². The molecule has 1 aromatic rings. The Hall–Kier alpha value is -1.32. The molecule has 0 aliphatic rings. The van der Waals surface area contributed by atoms with Gasteiger partial charge < -0.3 is 4.74 Å². The average Bonchev–Trinajstić information content (AvgIpc) is 2.81. The minimum absolute atomic E-state index is 0.0937. The second-order valence-corrected chi connectivity index (χ2v) is 4.92. The van der Waals surface area contributed by atoms with Crippen LogP contribution in [0, 0.1) is 5.92 Å². The zero-order chi connectivity index (χ0) is 14.3. The van der Waals surface area contributed by atoms with E-state index in [1.807, 2.05) is 0 Å². The smallest absolute Gasteiger partial charge is 0.187 e. The molecule has 0 spiro atoms. The Morgan fingerprint density at radius 1 is 1.26 bits per heavy atom. The van der Waals surface area contributed by atoms with Gasteiger partial charge in [0.1, 0.15) is 5.69 Å². The van der Waals surface area contributed by atoms with Gasteiger partial charge in [0.2, 0.25) is 0 Å². The molecule has 0 atom stereocenters. The number of nitrogens with zero attached hydrogens (tertiary/aromatic N) is 2. The van der Waals surface area contributed by atoms with E-state index in [0.717, 1.165) is 38.6 Å². The van der Waals surface area contributed by atoms with Gasteiger partial charge in [0.25, 0.3) is 0 Å². The van der Waals surface area contributed by atoms with Gasteiger partial charge in [0, 0.05) is 12.5 Å². The Kier molecular flexibility index (Phi) is 6.60. The van der Waals surface area contributed by atoms with Crippen molar-refractivity contribution in [3.05, 3.63) is 11.9 Å². The summed E-state index contributed by atoms with van der Waals surface area (Å²) in [5.74, 6) is 0.887. The Morgan fingerprint density at radius 2 is 1.89 bits per heavy atom. The van der Waals surface area contributed by atoms with E-state index in [-0.39, 0.29) is 11.7 Å². The number of aryl methyl sites for hydroxylation is 1. The summed E-state index contributed by atoms with van der Waals surface area (Å²) in [6.45, 7) is 7.08. The average molecular weight is 266 g/mol. The summed E-state index contributed by atoms with van der Waals surface area (Å²) in [5, 5.41) is 4.27. The number of ketones is 1. The van der Waals surface area contributed by atoms with Crippen LogP contribution in [0.3, 0.4) is 0 Å². The van der Waals surface area contributed by atoms with E-state index >= 15 is 0 Å². The Labute approximate surface area is 116 Å². The number of carbonyl (C=O) groups is 1. The fraction of sp³-hybridized carbons (Fsp3) is 0.733. The molecule has 19 heavy (non-hydrogen) atoms. The lowest BCUT2D eigenvalue weighted by Gasteiger charge is -2.15. The van der Waals surface area contributed by atoms with Crippen LogP contribution >= 0.6 is 0 Å². The van der Waals surface area contributed by atoms with Crippen molar-refractivity contribution in [3.63, 3.8) is 0 Å². The van der Waals surface area contributed by atoms with Crippen molar-refractivity contribution in [1.29, 1.82) is 0 Å². The number of hydrogen-bond acceptors (Lipinski definition) is 3. The number of hydrogen-bond donors (Lipinski definition) is 0. The molecular weight excluding hydrogens is 240 g/mol. The monoisotopic (exact) mass is 266 g/mol. The summed E-state index contributed by atoms with van der Waals surface area (Å²) < 4.78 is 7.09. The number of methoxy groups -OCH3 is 1. The normalized spacial score (nSPS) is 11.0. The molecule has 0 N–H and O–H groups in total. The highest BCUT2D eigenvalue weighted by atomic mass is 16.5. The van der Waals surface area contributed by atoms with Crippen LogP contribution in [0.5, 0.6) is 5.75 Å². The summed E-state index contributed by atoms with van der Waals surface area (Å²) in [4.78, 5) is 12.7. The van der Waals surface area contributed by atoms with Crippen LogP contribution in [0.2, 0.25) is 0 Å². The van der Waals surface area contributed by atoms with E-state index in [4.69, 9.17) is 4.74 Å². The van der Waals surface area contributed by atoms with Crippen molar-refractivity contribution < 1.29 is 9.53 Å². The first-order valence-corrected chi connectivity index (χ1v) is 7.33. The third-order valence-electron chi connectivity index (χ3n) is 3.34. The number of ether oxygens (including phenoxy) is 1. The predicted molar refractivity (Wildman–Crippen MR) is 76.7 cm³/mol. The van der Waals surface area contributed by atoms with Crippen molar-refractivity contribution in [2.24, 2.45) is 5.92 Å². The van der Waals surface area contributed by atoms with Crippen molar-refractivity contribution in [3.8, 4) is 5.75 Å². The van der Waals surface area contributed by atoms with Gasteiger partial charge in [-0.3, -0.25) is 9.48 Å². The van der Waals surface area contributed by atoms with Crippen LogP contribution in [0.4, 0.5) is 0 Å². The molecule has 0 radical (unpaired) electrons. The summed E-state index contributed by atoms with van der Waals surface area (Å²) in [6.07, 6.45) is 6.54. The summed E-state index contributed by atoms with van der Waals surface area (Å²) in [6, 6.07) is 0. The van der Waals surface area contributed by atoms with Crippen molar-refractivity contribution >= 4 is 5.78 Å². The van der Waals surface area contributed by atoms with Crippen LogP contribution < -0.4 is 4.74 Å². The van der Waals surface area contributed by atoms with Gasteiger partial charge in [-0.1, -0.05) is 33.6 Å². The van der Waals surface area contributed by atoms with E-state index in [1.165, 1.54) is 0 Å². The van der Waals surface area contributed by atoms with E-state index in [9.17, 15) is 4.79 Å². The van der Waals surface area contributed by atoms with Crippen molar-refractivity contribution in [2.45, 2.75) is 59.4 Å². The maximum atomic E-state index is 12.7. The number of rotatable bonds is 9. The SMILES string of the molecule is CCCC(CCC)C(=O)c1c(OC)cnn1CCC. The number of Topliss-reactive ketones (excluding diaryl/α,β-unsaturated/α-hetero) is 1. The van der Waals surface area contributed by atoms with E-state index in [0.29, 0.717) is 11.4 Å². The van der Waals surface area contributed by atoms with Gasteiger partial charge in [-0.15, -0.1) is 0 Å². The minimum Gasteiger partial charge on any atom is -0.493 e. The lowest BCUT2D eigenvalue weighted by molar-refractivity contribution is 0.0890. The van der Waals surface area contributed by atoms with Gasteiger partial charge in [0.15, 0.2) is 11.5 Å². The van der Waals surface area contributed by atoms with Crippen molar-refractivity contribution in [2.75, 3.05) is 7.11 Å². The largest absolute Gasteiger partial charge is 0.493 e. The fourth-order valence-electron chi connectivity index (χ4n) is 2.44. The molecular formula is C15H26N2O2. The number of aromatic nitrogens is 2. The molecule has 0 fully saturated rings. The first-order chi connectivity index (χ1) is 9.19. The lowest BCUT2D eigenvalue weighted by Crippen LogP contribution is -2.20. The molecule has 0 saturated heterocycles. The highest BCUT2D eigenvalue weighted by Crippen LogP contribution is 2.26. The van der Waals surface area contributed by atoms with Crippen molar-refractivity contribution in [1.82, 2.24) is 9.78 Å². The van der Waals surface area contributed by atoms with E-state index in [2.05, 4.69) is 25.9 Å². The molecule has 0 bridgehead atoms. The minimum atomic E-state index is 0.0937. The third-order valence-corrected chi connectivity index (χ3v) is 3.34. The maximum Gasteiger partial charge on any atom is 0.187 e. The molecule has 0 aliphatic heterocycles. The van der Waals surface area contributed by atoms with Gasteiger partial charge in [-0.2, -0.15) is 5.10 Å². The van der Waals surface area contributed by atoms with Gasteiger partial charge in [-0.25, -0.2) is 0 Å². The molecule has 0 amide bonds. The molecule has 0 aliphatic carbocycles. The Bertz CT molecular complexity index is 393. The molecule has 4 heteroatoms. The second kappa shape index (κ2) is 7.97.